The average molecular weight is 473 g/mol. The van der Waals surface area contributed by atoms with Crippen molar-refractivity contribution in [2.24, 2.45) is 11.8 Å². The first kappa shape index (κ1) is 28.8. The van der Waals surface area contributed by atoms with Crippen LogP contribution in [-0.2, 0) is 33.4 Å². The van der Waals surface area contributed by atoms with Crippen LogP contribution in [0.5, 0.6) is 0 Å². The summed E-state index contributed by atoms with van der Waals surface area (Å²) < 4.78 is 16.3. The molecule has 0 radical (unpaired) electrons. The lowest BCUT2D eigenvalue weighted by Gasteiger charge is -2.24. The SMILES string of the molecule is CC(C)C1NC(=O)C(=O)NC(C(C)C)C(=O)NCCCOCCOCCOCCCNC1=O. The number of ether oxygens (including phenoxy) is 3. The van der Waals surface area contributed by atoms with Gasteiger partial charge in [0.2, 0.25) is 11.8 Å². The van der Waals surface area contributed by atoms with Crippen molar-refractivity contribution >= 4 is 23.6 Å². The number of rotatable bonds is 2. The Balaban J connectivity index is 2.77. The number of hydrogen-bond acceptors (Lipinski definition) is 7. The zero-order chi connectivity index (χ0) is 24.6. The van der Waals surface area contributed by atoms with E-state index in [4.69, 9.17) is 14.2 Å². The fourth-order valence-corrected chi connectivity index (χ4v) is 3.02. The van der Waals surface area contributed by atoms with Gasteiger partial charge in [0.15, 0.2) is 0 Å². The summed E-state index contributed by atoms with van der Waals surface area (Å²) in [5, 5.41) is 10.5. The van der Waals surface area contributed by atoms with E-state index in [0.29, 0.717) is 65.6 Å². The lowest BCUT2D eigenvalue weighted by molar-refractivity contribution is -0.142. The van der Waals surface area contributed by atoms with Crippen LogP contribution in [0.2, 0.25) is 0 Å². The quantitative estimate of drug-likeness (QED) is 0.391. The lowest BCUT2D eigenvalue weighted by atomic mass is 10.0. The van der Waals surface area contributed by atoms with Gasteiger partial charge in [-0.3, -0.25) is 19.2 Å². The molecule has 0 aliphatic carbocycles. The predicted octanol–water partition coefficient (Wildman–Crippen LogP) is -0.656. The molecule has 1 rings (SSSR count). The maximum atomic E-state index is 12.5. The Kier molecular flexibility index (Phi) is 14.3. The minimum Gasteiger partial charge on any atom is -0.379 e. The van der Waals surface area contributed by atoms with Crippen LogP contribution in [0.4, 0.5) is 0 Å². The highest BCUT2D eigenvalue weighted by Gasteiger charge is 2.30. The highest BCUT2D eigenvalue weighted by Crippen LogP contribution is 2.04. The molecule has 4 N–H and O–H groups in total. The number of hydrogen-bond donors (Lipinski definition) is 4. The lowest BCUT2D eigenvalue weighted by Crippen LogP contribution is -2.57. The Morgan fingerprint density at radius 2 is 0.939 bits per heavy atom. The van der Waals surface area contributed by atoms with E-state index < -0.39 is 23.9 Å². The molecule has 11 nitrogen and oxygen atoms in total. The van der Waals surface area contributed by atoms with Gasteiger partial charge >= 0.3 is 11.8 Å². The van der Waals surface area contributed by atoms with Crippen LogP contribution in [0.1, 0.15) is 40.5 Å². The van der Waals surface area contributed by atoms with Crippen LogP contribution in [0.3, 0.4) is 0 Å². The van der Waals surface area contributed by atoms with Gasteiger partial charge in [-0.1, -0.05) is 27.7 Å². The fourth-order valence-electron chi connectivity index (χ4n) is 3.02. The highest BCUT2D eigenvalue weighted by atomic mass is 16.5. The van der Waals surface area contributed by atoms with Crippen LogP contribution in [0.25, 0.3) is 0 Å². The minimum absolute atomic E-state index is 0.240. The molecule has 2 unspecified atom stereocenters. The highest BCUT2D eigenvalue weighted by molar-refractivity contribution is 6.35. The average Bonchev–Trinajstić information content (AvgIpc) is 2.76. The van der Waals surface area contributed by atoms with E-state index in [0.717, 1.165) is 0 Å². The molecule has 0 aromatic carbocycles. The first-order chi connectivity index (χ1) is 15.7. The molecule has 11 heteroatoms. The van der Waals surface area contributed by atoms with Gasteiger partial charge in [-0.25, -0.2) is 0 Å². The van der Waals surface area contributed by atoms with E-state index in [9.17, 15) is 19.2 Å². The van der Waals surface area contributed by atoms with Crippen molar-refractivity contribution in [3.8, 4) is 0 Å². The van der Waals surface area contributed by atoms with E-state index in [2.05, 4.69) is 21.3 Å². The second kappa shape index (κ2) is 16.4. The summed E-state index contributed by atoms with van der Waals surface area (Å²) in [5.41, 5.74) is 0. The summed E-state index contributed by atoms with van der Waals surface area (Å²) in [4.78, 5) is 49.9. The maximum absolute atomic E-state index is 12.5. The van der Waals surface area contributed by atoms with Crippen LogP contribution >= 0.6 is 0 Å². The van der Waals surface area contributed by atoms with Crippen molar-refractivity contribution in [1.29, 1.82) is 0 Å². The van der Waals surface area contributed by atoms with Crippen molar-refractivity contribution in [3.63, 3.8) is 0 Å². The molecular formula is C22H40N4O7. The fraction of sp³-hybridized carbons (Fsp3) is 0.818. The van der Waals surface area contributed by atoms with Gasteiger partial charge in [-0.15, -0.1) is 0 Å². The van der Waals surface area contributed by atoms with Crippen LogP contribution < -0.4 is 21.3 Å². The second-order valence-electron chi connectivity index (χ2n) is 8.52. The number of nitrogens with one attached hydrogen (secondary N) is 4. The predicted molar refractivity (Wildman–Crippen MR) is 121 cm³/mol. The second-order valence-corrected chi connectivity index (χ2v) is 8.52. The third kappa shape index (κ3) is 12.0. The number of carbonyl (C=O) groups excluding carboxylic acids is 4. The molecule has 2 atom stereocenters. The van der Waals surface area contributed by atoms with Crippen LogP contribution in [0, 0.1) is 11.8 Å². The van der Waals surface area contributed by atoms with Crippen LogP contribution in [-0.4, -0.2) is 88.4 Å². The van der Waals surface area contributed by atoms with E-state index in [1.165, 1.54) is 0 Å². The summed E-state index contributed by atoms with van der Waals surface area (Å²) in [5.74, 6) is -3.17. The van der Waals surface area contributed by atoms with Gasteiger partial charge in [-0.2, -0.15) is 0 Å². The Labute approximate surface area is 196 Å². The van der Waals surface area contributed by atoms with Gasteiger partial charge in [0.25, 0.3) is 0 Å². The van der Waals surface area contributed by atoms with Crippen LogP contribution in [0.15, 0.2) is 0 Å². The van der Waals surface area contributed by atoms with Crippen molar-refractivity contribution < 1.29 is 33.4 Å². The molecule has 0 spiro atoms. The summed E-state index contributed by atoms with van der Waals surface area (Å²) in [7, 11) is 0. The first-order valence-corrected chi connectivity index (χ1v) is 11.6. The molecule has 1 aliphatic heterocycles. The molecule has 1 heterocycles. The van der Waals surface area contributed by atoms with E-state index in [-0.39, 0.29) is 23.7 Å². The van der Waals surface area contributed by atoms with Crippen molar-refractivity contribution in [1.82, 2.24) is 21.3 Å². The first-order valence-electron chi connectivity index (χ1n) is 11.6. The van der Waals surface area contributed by atoms with Crippen molar-refractivity contribution in [2.45, 2.75) is 52.6 Å². The topological polar surface area (TPSA) is 144 Å². The number of amides is 4. The minimum atomic E-state index is -0.961. The molecule has 33 heavy (non-hydrogen) atoms. The zero-order valence-electron chi connectivity index (χ0n) is 20.2. The van der Waals surface area contributed by atoms with E-state index >= 15 is 0 Å². The molecular weight excluding hydrogens is 432 g/mol. The summed E-state index contributed by atoms with van der Waals surface area (Å²) in [6.45, 7) is 10.5. The molecule has 0 bridgehead atoms. The molecule has 0 aromatic rings. The largest absolute Gasteiger partial charge is 0.379 e. The Morgan fingerprint density at radius 3 is 1.27 bits per heavy atom. The third-order valence-electron chi connectivity index (χ3n) is 4.95. The van der Waals surface area contributed by atoms with Crippen molar-refractivity contribution in [3.05, 3.63) is 0 Å². The van der Waals surface area contributed by atoms with Crippen molar-refractivity contribution in [2.75, 3.05) is 52.7 Å². The molecule has 0 aromatic heterocycles. The summed E-state index contributed by atoms with van der Waals surface area (Å²) in [6.07, 6.45) is 1.19. The summed E-state index contributed by atoms with van der Waals surface area (Å²) >= 11 is 0. The molecule has 4 amide bonds. The standard InChI is InChI=1S/C22H40N4O7/c1-15(2)17-19(27)23-7-5-9-31-11-13-33-14-12-32-10-6-8-24-20(28)18(16(3)4)26-22(30)21(29)25-17/h15-18H,5-14H2,1-4H3,(H,23,27)(H,24,28)(H,25,29)(H,26,30). The Bertz CT molecular complexity index is 576. The molecule has 1 aliphatic rings. The normalized spacial score (nSPS) is 24.5. The van der Waals surface area contributed by atoms with E-state index in [1.807, 2.05) is 0 Å². The monoisotopic (exact) mass is 472 g/mol. The maximum Gasteiger partial charge on any atom is 0.309 e. The van der Waals surface area contributed by atoms with Gasteiger partial charge < -0.3 is 35.5 Å². The molecule has 0 saturated carbocycles. The zero-order valence-corrected chi connectivity index (χ0v) is 20.2. The number of carbonyl (C=O) groups is 4. The molecule has 1 fully saturated rings. The Morgan fingerprint density at radius 1 is 0.606 bits per heavy atom. The van der Waals surface area contributed by atoms with Gasteiger partial charge in [-0.05, 0) is 24.7 Å². The van der Waals surface area contributed by atoms with E-state index in [1.54, 1.807) is 27.7 Å². The molecule has 1 saturated heterocycles. The third-order valence-corrected chi connectivity index (χ3v) is 4.95. The molecule has 190 valence electrons. The summed E-state index contributed by atoms with van der Waals surface area (Å²) in [6, 6.07) is -1.77. The van der Waals surface area contributed by atoms with Gasteiger partial charge in [0.1, 0.15) is 12.1 Å². The van der Waals surface area contributed by atoms with Gasteiger partial charge in [0, 0.05) is 26.3 Å². The smallest absolute Gasteiger partial charge is 0.309 e. The Hall–Kier alpha value is -2.24. The van der Waals surface area contributed by atoms with Gasteiger partial charge in [0.05, 0.1) is 26.4 Å².